The van der Waals surface area contributed by atoms with Crippen LogP contribution >= 0.6 is 11.8 Å². The van der Waals surface area contributed by atoms with Gasteiger partial charge in [0, 0.05) is 12.2 Å². The lowest BCUT2D eigenvalue weighted by molar-refractivity contribution is -0.113. The summed E-state index contributed by atoms with van der Waals surface area (Å²) >= 11 is 1.26. The fraction of sp³-hybridized carbons (Fsp3) is 0.333. The van der Waals surface area contributed by atoms with E-state index in [1.807, 2.05) is 69.3 Å². The Kier molecular flexibility index (Phi) is 7.40. The SMILES string of the molecule is CCn1nc(C)c2nc(SCC(=O)Nc3ccc(C(C)C)cc3)n(Cc3ccc(C)cc3)c(=O)c21. The zero-order valence-corrected chi connectivity index (χ0v) is 21.6. The van der Waals surface area contributed by atoms with Crippen molar-refractivity contribution < 1.29 is 4.79 Å². The molecule has 0 saturated carbocycles. The van der Waals surface area contributed by atoms with Gasteiger partial charge in [0.05, 0.1) is 18.0 Å². The largest absolute Gasteiger partial charge is 0.325 e. The molecule has 0 saturated heterocycles. The predicted octanol–water partition coefficient (Wildman–Crippen LogP) is 5.13. The Bertz CT molecular complexity index is 1400. The van der Waals surface area contributed by atoms with Gasteiger partial charge in [0.1, 0.15) is 5.52 Å². The van der Waals surface area contributed by atoms with E-state index < -0.39 is 0 Å². The van der Waals surface area contributed by atoms with E-state index in [0.717, 1.165) is 16.8 Å². The number of anilines is 1. The molecular formula is C27H31N5O2S. The van der Waals surface area contributed by atoms with Crippen LogP contribution in [0.5, 0.6) is 0 Å². The summed E-state index contributed by atoms with van der Waals surface area (Å²) in [6.45, 7) is 11.1. The van der Waals surface area contributed by atoms with Gasteiger partial charge in [-0.2, -0.15) is 5.10 Å². The predicted molar refractivity (Wildman–Crippen MR) is 142 cm³/mol. The van der Waals surface area contributed by atoms with E-state index in [-0.39, 0.29) is 17.2 Å². The highest BCUT2D eigenvalue weighted by molar-refractivity contribution is 7.99. The molecule has 35 heavy (non-hydrogen) atoms. The first-order valence-corrected chi connectivity index (χ1v) is 12.8. The average Bonchev–Trinajstić information content (AvgIpc) is 3.17. The number of nitrogens with one attached hydrogen (secondary N) is 1. The second-order valence-electron chi connectivity index (χ2n) is 8.98. The molecule has 1 N–H and O–H groups in total. The van der Waals surface area contributed by atoms with Crippen molar-refractivity contribution in [2.24, 2.45) is 0 Å². The molecule has 2 aromatic carbocycles. The van der Waals surface area contributed by atoms with E-state index in [1.165, 1.54) is 17.3 Å². The molecule has 8 heteroatoms. The third-order valence-electron chi connectivity index (χ3n) is 5.94. The third kappa shape index (κ3) is 5.48. The van der Waals surface area contributed by atoms with Gasteiger partial charge < -0.3 is 5.32 Å². The van der Waals surface area contributed by atoms with Crippen LogP contribution in [0.15, 0.2) is 58.5 Å². The minimum Gasteiger partial charge on any atom is -0.325 e. The van der Waals surface area contributed by atoms with Crippen molar-refractivity contribution in [2.75, 3.05) is 11.1 Å². The highest BCUT2D eigenvalue weighted by atomic mass is 32.2. The smallest absolute Gasteiger partial charge is 0.280 e. The summed E-state index contributed by atoms with van der Waals surface area (Å²) < 4.78 is 3.35. The monoisotopic (exact) mass is 489 g/mol. The maximum Gasteiger partial charge on any atom is 0.280 e. The molecule has 4 rings (SSSR count). The molecule has 0 radical (unpaired) electrons. The number of hydrogen-bond acceptors (Lipinski definition) is 5. The van der Waals surface area contributed by atoms with Crippen LogP contribution in [0, 0.1) is 13.8 Å². The Labute approximate surface area is 209 Å². The summed E-state index contributed by atoms with van der Waals surface area (Å²) in [6.07, 6.45) is 0. The zero-order valence-electron chi connectivity index (χ0n) is 20.8. The summed E-state index contributed by atoms with van der Waals surface area (Å²) in [5.74, 6) is 0.422. The quantitative estimate of drug-likeness (QED) is 0.274. The molecule has 0 aliphatic rings. The van der Waals surface area contributed by atoms with Crippen molar-refractivity contribution in [1.82, 2.24) is 19.3 Å². The average molecular weight is 490 g/mol. The van der Waals surface area contributed by atoms with E-state index in [2.05, 4.69) is 24.3 Å². The normalized spacial score (nSPS) is 11.4. The number of thioether (sulfide) groups is 1. The number of fused-ring (bicyclic) bond motifs is 1. The van der Waals surface area contributed by atoms with Gasteiger partial charge in [0.15, 0.2) is 10.7 Å². The minimum atomic E-state index is -0.149. The first kappa shape index (κ1) is 24.7. The van der Waals surface area contributed by atoms with E-state index in [0.29, 0.717) is 40.9 Å². The number of benzene rings is 2. The number of carbonyl (C=O) groups excluding carboxylic acids is 1. The molecule has 0 aliphatic carbocycles. The van der Waals surface area contributed by atoms with Crippen LogP contribution in [0.4, 0.5) is 5.69 Å². The summed E-state index contributed by atoms with van der Waals surface area (Å²) in [7, 11) is 0. The van der Waals surface area contributed by atoms with Gasteiger partial charge in [0.2, 0.25) is 5.91 Å². The lowest BCUT2D eigenvalue weighted by atomic mass is 10.0. The van der Waals surface area contributed by atoms with Crippen LogP contribution in [0.1, 0.15) is 49.1 Å². The van der Waals surface area contributed by atoms with Crippen molar-refractivity contribution in [2.45, 2.75) is 58.8 Å². The van der Waals surface area contributed by atoms with Gasteiger partial charge >= 0.3 is 0 Å². The number of nitrogens with zero attached hydrogens (tertiary/aromatic N) is 4. The fourth-order valence-corrected chi connectivity index (χ4v) is 4.71. The fourth-order valence-electron chi connectivity index (χ4n) is 3.92. The number of aromatic nitrogens is 4. The number of carbonyl (C=O) groups is 1. The maximum absolute atomic E-state index is 13.6. The molecule has 1 amide bonds. The number of amides is 1. The zero-order chi connectivity index (χ0) is 25.1. The molecule has 182 valence electrons. The molecule has 0 spiro atoms. The standard InChI is InChI=1S/C27H31N5O2S/c1-6-32-25-24(19(5)30-32)29-27(31(26(25)34)15-20-9-7-18(4)8-10-20)35-16-23(33)28-22-13-11-21(12-14-22)17(2)3/h7-14,17H,6,15-16H2,1-5H3,(H,28,33). The number of aryl methyl sites for hydroxylation is 3. The topological polar surface area (TPSA) is 81.8 Å². The molecule has 2 heterocycles. The Morgan fingerprint density at radius 1 is 1.06 bits per heavy atom. The van der Waals surface area contributed by atoms with Crippen LogP contribution < -0.4 is 10.9 Å². The number of hydrogen-bond donors (Lipinski definition) is 1. The molecule has 0 atom stereocenters. The second-order valence-corrected chi connectivity index (χ2v) is 9.93. The summed E-state index contributed by atoms with van der Waals surface area (Å²) in [6, 6.07) is 15.9. The van der Waals surface area contributed by atoms with Crippen molar-refractivity contribution >= 4 is 34.4 Å². The molecule has 0 unspecified atom stereocenters. The van der Waals surface area contributed by atoms with Crippen LogP contribution in [-0.4, -0.2) is 31.0 Å². The van der Waals surface area contributed by atoms with Crippen molar-refractivity contribution in [3.63, 3.8) is 0 Å². The maximum atomic E-state index is 13.6. The van der Waals surface area contributed by atoms with Gasteiger partial charge in [-0.3, -0.25) is 18.8 Å². The number of rotatable bonds is 8. The molecule has 4 aromatic rings. The molecule has 0 bridgehead atoms. The van der Waals surface area contributed by atoms with E-state index in [1.54, 1.807) is 9.25 Å². The Morgan fingerprint density at radius 2 is 1.74 bits per heavy atom. The van der Waals surface area contributed by atoms with Gasteiger partial charge in [-0.15, -0.1) is 0 Å². The van der Waals surface area contributed by atoms with Crippen molar-refractivity contribution in [1.29, 1.82) is 0 Å². The van der Waals surface area contributed by atoms with Crippen LogP contribution in [-0.2, 0) is 17.9 Å². The Balaban J connectivity index is 1.62. The van der Waals surface area contributed by atoms with Crippen LogP contribution in [0.25, 0.3) is 11.0 Å². The first-order chi connectivity index (χ1) is 16.8. The van der Waals surface area contributed by atoms with E-state index in [4.69, 9.17) is 4.98 Å². The van der Waals surface area contributed by atoms with Crippen LogP contribution in [0.3, 0.4) is 0 Å². The highest BCUT2D eigenvalue weighted by Crippen LogP contribution is 2.22. The Hall–Kier alpha value is -3.39. The van der Waals surface area contributed by atoms with Crippen molar-refractivity contribution in [3.8, 4) is 0 Å². The second kappa shape index (κ2) is 10.5. The Morgan fingerprint density at radius 3 is 2.37 bits per heavy atom. The lowest BCUT2D eigenvalue weighted by Gasteiger charge is -2.13. The molecule has 0 aliphatic heterocycles. The summed E-state index contributed by atoms with van der Waals surface area (Å²) in [4.78, 5) is 31.1. The molecule has 2 aromatic heterocycles. The highest BCUT2D eigenvalue weighted by Gasteiger charge is 2.19. The molecule has 7 nitrogen and oxygen atoms in total. The van der Waals surface area contributed by atoms with Gasteiger partial charge in [-0.25, -0.2) is 4.98 Å². The molecule has 0 fully saturated rings. The lowest BCUT2D eigenvalue weighted by Crippen LogP contribution is -2.26. The van der Waals surface area contributed by atoms with E-state index >= 15 is 0 Å². The molecular weight excluding hydrogens is 458 g/mol. The van der Waals surface area contributed by atoms with Crippen molar-refractivity contribution in [3.05, 3.63) is 81.3 Å². The van der Waals surface area contributed by atoms with Crippen LogP contribution in [0.2, 0.25) is 0 Å². The van der Waals surface area contributed by atoms with Gasteiger partial charge in [0.25, 0.3) is 5.56 Å². The summed E-state index contributed by atoms with van der Waals surface area (Å²) in [5.41, 5.74) is 5.76. The summed E-state index contributed by atoms with van der Waals surface area (Å²) in [5, 5.41) is 7.94. The van der Waals surface area contributed by atoms with Gasteiger partial charge in [-0.1, -0.05) is 67.6 Å². The van der Waals surface area contributed by atoms with E-state index in [9.17, 15) is 9.59 Å². The third-order valence-corrected chi connectivity index (χ3v) is 6.91. The van der Waals surface area contributed by atoms with Gasteiger partial charge in [-0.05, 0) is 49.9 Å². The minimum absolute atomic E-state index is 0.138. The first-order valence-electron chi connectivity index (χ1n) is 11.8.